The molecule has 0 aliphatic rings. The van der Waals surface area contributed by atoms with Crippen molar-refractivity contribution in [3.05, 3.63) is 60.7 Å². The van der Waals surface area contributed by atoms with E-state index in [-0.39, 0.29) is 17.7 Å². The van der Waals surface area contributed by atoms with Gasteiger partial charge in [-0.25, -0.2) is 14.4 Å². The van der Waals surface area contributed by atoms with E-state index in [1.54, 1.807) is 0 Å². The van der Waals surface area contributed by atoms with Gasteiger partial charge >= 0.3 is 17.9 Å². The van der Waals surface area contributed by atoms with Crippen LogP contribution in [0.4, 0.5) is 0 Å². The maximum Gasteiger partial charge on any atom is 0.339 e. The quantitative estimate of drug-likeness (QED) is 0.130. The van der Waals surface area contributed by atoms with Crippen molar-refractivity contribution in [1.29, 1.82) is 0 Å². The summed E-state index contributed by atoms with van der Waals surface area (Å²) in [6, 6.07) is 5.64. The zero-order chi connectivity index (χ0) is 22.5. The molecule has 3 N–H and O–H groups in total. The monoisotopic (exact) mass is 424 g/mol. The maximum atomic E-state index is 12.3. The van der Waals surface area contributed by atoms with Gasteiger partial charge in [0.2, 0.25) is 0 Å². The first kappa shape index (κ1) is 25.0. The molecule has 0 amide bonds. The molecule has 0 saturated carbocycles. The number of aliphatic hydroxyl groups is 3. The Kier molecular flexibility index (Phi) is 11.0. The Bertz CT molecular complexity index is 745. The number of rotatable bonds is 13. The van der Waals surface area contributed by atoms with Crippen molar-refractivity contribution in [1.82, 2.24) is 0 Å². The second-order valence-corrected chi connectivity index (χ2v) is 5.84. The molecule has 0 heterocycles. The van der Waals surface area contributed by atoms with E-state index in [0.717, 1.165) is 12.2 Å². The van der Waals surface area contributed by atoms with Crippen LogP contribution in [0.5, 0.6) is 0 Å². The summed E-state index contributed by atoms with van der Waals surface area (Å²) in [5.74, 6) is -2.54. The molecule has 164 valence electrons. The number of hydrogen-bond acceptors (Lipinski definition) is 10. The van der Waals surface area contributed by atoms with Crippen LogP contribution in [-0.2, 0) is 23.7 Å². The molecule has 10 heteroatoms. The lowest BCUT2D eigenvalue weighted by Gasteiger charge is -2.15. The van der Waals surface area contributed by atoms with E-state index in [9.17, 15) is 24.6 Å². The van der Waals surface area contributed by atoms with E-state index >= 15 is 0 Å². The number of carbonyl (C=O) groups is 3. The molecular weight excluding hydrogens is 400 g/mol. The van der Waals surface area contributed by atoms with Crippen LogP contribution in [0.15, 0.2) is 49.6 Å². The zero-order valence-corrected chi connectivity index (χ0v) is 16.1. The van der Waals surface area contributed by atoms with E-state index < -0.39 is 56.2 Å². The third-order valence-electron chi connectivity index (χ3n) is 3.43. The van der Waals surface area contributed by atoms with Crippen LogP contribution in [0, 0.1) is 0 Å². The van der Waals surface area contributed by atoms with Gasteiger partial charge in [-0.15, -0.1) is 0 Å². The Morgan fingerprint density at radius 3 is 1.77 bits per heavy atom. The van der Waals surface area contributed by atoms with Crippen LogP contribution in [0.3, 0.4) is 0 Å². The summed E-state index contributed by atoms with van der Waals surface area (Å²) in [6.45, 7) is 4.87. The average molecular weight is 424 g/mol. The van der Waals surface area contributed by atoms with E-state index in [0.29, 0.717) is 0 Å². The van der Waals surface area contributed by atoms with Crippen LogP contribution in [0.1, 0.15) is 20.7 Å². The third kappa shape index (κ3) is 8.97. The minimum atomic E-state index is -1.27. The van der Waals surface area contributed by atoms with Crippen molar-refractivity contribution in [3.63, 3.8) is 0 Å². The van der Waals surface area contributed by atoms with Crippen molar-refractivity contribution in [2.24, 2.45) is 0 Å². The van der Waals surface area contributed by atoms with Crippen molar-refractivity contribution in [2.45, 2.75) is 18.5 Å². The zero-order valence-electron chi connectivity index (χ0n) is 16.1. The van der Waals surface area contributed by atoms with E-state index in [1.165, 1.54) is 24.3 Å². The van der Waals surface area contributed by atoms with E-state index in [4.69, 9.17) is 19.3 Å². The summed E-state index contributed by atoms with van der Waals surface area (Å²) in [7, 11) is 0. The fourth-order valence-corrected chi connectivity index (χ4v) is 1.95. The molecule has 1 rings (SSSR count). The average Bonchev–Trinajstić information content (AvgIpc) is 2.77. The molecule has 0 aliphatic heterocycles. The molecule has 30 heavy (non-hydrogen) atoms. The molecule has 0 aliphatic carbocycles. The van der Waals surface area contributed by atoms with Crippen molar-refractivity contribution >= 4 is 17.9 Å². The fraction of sp³-hybridized carbons (Fsp3) is 0.350. The predicted octanol–water partition coefficient (Wildman–Crippen LogP) is -0.0278. The second kappa shape index (κ2) is 13.2. The highest BCUT2D eigenvalue weighted by Gasteiger charge is 2.21. The number of aliphatic hydroxyl groups excluding tert-OH is 3. The lowest BCUT2D eigenvalue weighted by molar-refractivity contribution is -0.141. The Morgan fingerprint density at radius 1 is 0.833 bits per heavy atom. The van der Waals surface area contributed by atoms with E-state index in [1.807, 2.05) is 0 Å². The highest BCUT2D eigenvalue weighted by molar-refractivity contribution is 6.03. The molecule has 0 bridgehead atoms. The highest BCUT2D eigenvalue weighted by Crippen LogP contribution is 2.13. The molecule has 10 nitrogen and oxygen atoms in total. The summed E-state index contributed by atoms with van der Waals surface area (Å²) in [5, 5.41) is 28.6. The van der Waals surface area contributed by atoms with Gasteiger partial charge in [-0.05, 0) is 18.2 Å². The minimum Gasteiger partial charge on any atom is -0.460 e. The molecule has 1 aromatic rings. The summed E-state index contributed by atoms with van der Waals surface area (Å²) in [5.41, 5.74) is -0.236. The standard InChI is InChI=1S/C20H24O10/c1-3-17(23)27-9-13(21)11-29-19(25)15-7-5-6-8-16(15)20(26)30-12-14(22)10-28-18(24)4-2/h3-8,13-14,17,21-23H,1-2,9-12H2. The molecular formula is C20H24O10. The summed E-state index contributed by atoms with van der Waals surface area (Å²) >= 11 is 0. The van der Waals surface area contributed by atoms with Gasteiger partial charge in [0.05, 0.1) is 17.7 Å². The van der Waals surface area contributed by atoms with Gasteiger partial charge in [0, 0.05) is 6.08 Å². The predicted molar refractivity (Wildman–Crippen MR) is 102 cm³/mol. The van der Waals surface area contributed by atoms with Crippen LogP contribution < -0.4 is 0 Å². The first-order chi connectivity index (χ1) is 14.3. The highest BCUT2D eigenvalue weighted by atomic mass is 16.6. The van der Waals surface area contributed by atoms with Crippen LogP contribution in [-0.4, -0.2) is 78.2 Å². The van der Waals surface area contributed by atoms with Gasteiger partial charge in [0.1, 0.15) is 32.0 Å². The summed E-state index contributed by atoms with van der Waals surface area (Å²) < 4.78 is 19.3. The van der Waals surface area contributed by atoms with Crippen molar-refractivity contribution in [2.75, 3.05) is 26.4 Å². The Hall–Kier alpha value is -3.05. The third-order valence-corrected chi connectivity index (χ3v) is 3.43. The first-order valence-corrected chi connectivity index (χ1v) is 8.79. The topological polar surface area (TPSA) is 149 Å². The fourth-order valence-electron chi connectivity index (χ4n) is 1.95. The van der Waals surface area contributed by atoms with Crippen molar-refractivity contribution in [3.8, 4) is 0 Å². The van der Waals surface area contributed by atoms with Gasteiger partial charge < -0.3 is 34.3 Å². The number of ether oxygens (including phenoxy) is 4. The molecule has 0 fully saturated rings. The van der Waals surface area contributed by atoms with E-state index in [2.05, 4.69) is 17.9 Å². The Morgan fingerprint density at radius 2 is 1.30 bits per heavy atom. The molecule has 0 aromatic heterocycles. The van der Waals surface area contributed by atoms with Crippen LogP contribution in [0.2, 0.25) is 0 Å². The Balaban J connectivity index is 2.60. The number of benzene rings is 1. The SMILES string of the molecule is C=CC(=O)OCC(O)COC(=O)c1ccccc1C(=O)OCC(O)COC(O)C=C. The summed E-state index contributed by atoms with van der Waals surface area (Å²) in [4.78, 5) is 35.4. The van der Waals surface area contributed by atoms with Crippen LogP contribution >= 0.6 is 0 Å². The first-order valence-electron chi connectivity index (χ1n) is 8.79. The normalized spacial score (nSPS) is 13.4. The smallest absolute Gasteiger partial charge is 0.339 e. The molecule has 0 spiro atoms. The van der Waals surface area contributed by atoms with Gasteiger partial charge in [0.15, 0.2) is 6.29 Å². The molecule has 0 saturated heterocycles. The van der Waals surface area contributed by atoms with Gasteiger partial charge in [-0.3, -0.25) is 0 Å². The van der Waals surface area contributed by atoms with Gasteiger partial charge in [-0.2, -0.15) is 0 Å². The minimum absolute atomic E-state index is 0.116. The molecule has 3 atom stereocenters. The second-order valence-electron chi connectivity index (χ2n) is 5.84. The molecule has 3 unspecified atom stereocenters. The summed E-state index contributed by atoms with van der Waals surface area (Å²) in [6.07, 6.45) is -1.71. The van der Waals surface area contributed by atoms with Crippen LogP contribution in [0.25, 0.3) is 0 Å². The lowest BCUT2D eigenvalue weighted by atomic mass is 10.1. The Labute approximate surface area is 172 Å². The van der Waals surface area contributed by atoms with Gasteiger partial charge in [0.25, 0.3) is 0 Å². The maximum absolute atomic E-state index is 12.3. The number of esters is 3. The lowest BCUT2D eigenvalue weighted by Crippen LogP contribution is -2.27. The molecule has 1 aromatic carbocycles. The largest absolute Gasteiger partial charge is 0.460 e. The number of carbonyl (C=O) groups excluding carboxylic acids is 3. The molecule has 0 radical (unpaired) electrons. The van der Waals surface area contributed by atoms with Gasteiger partial charge in [-0.1, -0.05) is 25.3 Å². The van der Waals surface area contributed by atoms with Crippen molar-refractivity contribution < 1.29 is 48.7 Å². The number of hydrogen-bond donors (Lipinski definition) is 3.